The Hall–Kier alpha value is -2.46. The summed E-state index contributed by atoms with van der Waals surface area (Å²) in [6.07, 6.45) is 0. The molecule has 1 heterocycles. The molecule has 0 bridgehead atoms. The maximum atomic E-state index is 13.6. The van der Waals surface area contributed by atoms with Crippen molar-refractivity contribution >= 4 is 35.6 Å². The molecule has 0 saturated carbocycles. The molecule has 0 N–H and O–H groups in total. The fraction of sp³-hybridized carbons (Fsp3) is 0.0625. The Morgan fingerprint density at radius 1 is 1.00 bits per heavy atom. The van der Waals surface area contributed by atoms with Gasteiger partial charge in [-0.3, -0.25) is 0 Å². The molecule has 3 rings (SSSR count). The Bertz CT molecular complexity index is 1090. The predicted octanol–water partition coefficient (Wildman–Crippen LogP) is 4.35. The summed E-state index contributed by atoms with van der Waals surface area (Å²) in [4.78, 5) is 22.4. The fourth-order valence-electron chi connectivity index (χ4n) is 2.23. The van der Waals surface area contributed by atoms with Gasteiger partial charge in [0, 0.05) is 4.70 Å². The van der Waals surface area contributed by atoms with Crippen molar-refractivity contribution in [2.24, 2.45) is 0 Å². The summed E-state index contributed by atoms with van der Waals surface area (Å²) in [5, 5.41) is 0.455. The number of carbonyl (C=O) groups excluding carboxylic acids is 1. The van der Waals surface area contributed by atoms with E-state index in [-0.39, 0.29) is 11.5 Å². The first kappa shape index (κ1) is 20.3. The number of fused-ring (bicyclic) bond motifs is 1. The van der Waals surface area contributed by atoms with Crippen LogP contribution in [0.1, 0.15) is 15.2 Å². The zero-order valence-corrected chi connectivity index (χ0v) is 15.0. The zero-order chi connectivity index (χ0) is 20.6. The molecule has 12 heteroatoms. The van der Waals surface area contributed by atoms with Crippen LogP contribution in [-0.2, 0) is 15.7 Å². The Balaban J connectivity index is 1.89. The van der Waals surface area contributed by atoms with E-state index >= 15 is 0 Å². The lowest BCUT2D eigenvalue weighted by Gasteiger charge is -2.07. The molecule has 28 heavy (non-hydrogen) atoms. The second kappa shape index (κ2) is 7.88. The Labute approximate surface area is 157 Å². The number of hydrogen-bond acceptors (Lipinski definition) is 6. The molecule has 0 amide bonds. The minimum Gasteiger partial charge on any atom is -0.566 e. The van der Waals surface area contributed by atoms with Crippen molar-refractivity contribution in [2.45, 2.75) is 6.61 Å². The number of ether oxygens (including phenoxy) is 1. The van der Waals surface area contributed by atoms with Crippen molar-refractivity contribution in [3.05, 3.63) is 63.8 Å². The summed E-state index contributed by atoms with van der Waals surface area (Å²) in [5.74, 6) is -14.4. The summed E-state index contributed by atoms with van der Waals surface area (Å²) in [7, 11) is -3.05. The van der Waals surface area contributed by atoms with Crippen molar-refractivity contribution in [3.63, 3.8) is 0 Å². The van der Waals surface area contributed by atoms with Gasteiger partial charge in [-0.05, 0) is 33.7 Å². The number of thiophene rings is 1. The predicted molar refractivity (Wildman–Crippen MR) is 85.4 cm³/mol. The topological polar surface area (TPSA) is 75.7 Å². The molecule has 1 aromatic heterocycles. The first-order chi connectivity index (χ1) is 13.2. The van der Waals surface area contributed by atoms with Gasteiger partial charge in [0.2, 0.25) is 34.8 Å². The Morgan fingerprint density at radius 3 is 2.21 bits per heavy atom. The molecule has 5 nitrogen and oxygen atoms in total. The lowest BCUT2D eigenvalue weighted by molar-refractivity contribution is -0.186. The normalized spacial score (nSPS) is 11.7. The summed E-state index contributed by atoms with van der Waals surface area (Å²) >= 11 is 0.840. The van der Waals surface area contributed by atoms with E-state index in [1.165, 1.54) is 24.3 Å². The molecule has 2 aromatic carbocycles. The molecule has 0 saturated heterocycles. The summed E-state index contributed by atoms with van der Waals surface area (Å²) in [6.45, 7) is -0.241. The van der Waals surface area contributed by atoms with Crippen molar-refractivity contribution < 1.29 is 45.5 Å². The maximum absolute atomic E-state index is 13.6. The number of carbonyl (C=O) groups is 1. The Morgan fingerprint density at radius 2 is 1.61 bits per heavy atom. The van der Waals surface area contributed by atoms with Crippen LogP contribution in [0.4, 0.5) is 22.0 Å². The maximum Gasteiger partial charge on any atom is 0.488 e. The molecular formula is C16H6F5O5PS. The van der Waals surface area contributed by atoms with Crippen LogP contribution < -0.4 is 9.63 Å². The van der Waals surface area contributed by atoms with Gasteiger partial charge in [0.05, 0.1) is 0 Å². The smallest absolute Gasteiger partial charge is 0.488 e. The second-order valence-electron chi connectivity index (χ2n) is 5.27. The van der Waals surface area contributed by atoms with E-state index in [1.807, 2.05) is 0 Å². The molecule has 3 aromatic rings. The quantitative estimate of drug-likeness (QED) is 0.149. The minimum absolute atomic E-state index is 0.174. The standard InChI is InChI=1S/C16H6F5O5PS/c17-10-11(18)13(20)15(14(21)12(10)19)26-16(22)9-4-7-3-6(5-25-27(23)24)1-2-8(7)28-9/h1-4H,5H2. The van der Waals surface area contributed by atoms with Gasteiger partial charge < -0.3 is 9.63 Å². The average molecular weight is 436 g/mol. The first-order valence-electron chi connectivity index (χ1n) is 7.22. The molecule has 0 aliphatic heterocycles. The fourth-order valence-corrected chi connectivity index (χ4v) is 3.40. The third-order valence-corrected chi connectivity index (χ3v) is 4.92. The van der Waals surface area contributed by atoms with Gasteiger partial charge in [0.15, 0.2) is 0 Å². The molecular weight excluding hydrogens is 430 g/mol. The van der Waals surface area contributed by atoms with Crippen molar-refractivity contribution in [2.75, 3.05) is 0 Å². The molecule has 1 unspecified atom stereocenters. The van der Waals surface area contributed by atoms with Crippen molar-refractivity contribution in [1.29, 1.82) is 0 Å². The lowest BCUT2D eigenvalue weighted by atomic mass is 10.2. The molecule has 0 radical (unpaired) electrons. The molecule has 1 atom stereocenters. The number of hydrogen-bond donors (Lipinski definition) is 0. The first-order valence-corrected chi connectivity index (χ1v) is 9.13. The van der Waals surface area contributed by atoms with E-state index in [1.54, 1.807) is 0 Å². The zero-order valence-electron chi connectivity index (χ0n) is 13.3. The average Bonchev–Trinajstić information content (AvgIpc) is 3.10. The van der Waals surface area contributed by atoms with Crippen LogP contribution in [0.5, 0.6) is 5.75 Å². The molecule has 146 valence electrons. The van der Waals surface area contributed by atoms with Gasteiger partial charge in [0.1, 0.15) is 11.5 Å². The largest absolute Gasteiger partial charge is 0.566 e. The molecule has 0 aliphatic carbocycles. The molecule has 0 aliphatic rings. The van der Waals surface area contributed by atoms with Crippen molar-refractivity contribution in [3.8, 4) is 5.75 Å². The molecule has 0 fully saturated rings. The summed E-state index contributed by atoms with van der Waals surface area (Å²) in [5.41, 5.74) is 0.462. The minimum atomic E-state index is -3.05. The van der Waals surface area contributed by atoms with Gasteiger partial charge in [0.25, 0.3) is 0 Å². The third kappa shape index (κ3) is 3.88. The van der Waals surface area contributed by atoms with E-state index < -0.39 is 49.1 Å². The van der Waals surface area contributed by atoms with Crippen LogP contribution in [0.15, 0.2) is 24.3 Å². The van der Waals surface area contributed by atoms with E-state index in [4.69, 9.17) is 0 Å². The van der Waals surface area contributed by atoms with E-state index in [9.17, 15) is 36.2 Å². The van der Waals surface area contributed by atoms with Gasteiger partial charge in [-0.15, -0.1) is 15.9 Å². The third-order valence-electron chi connectivity index (χ3n) is 3.48. The van der Waals surface area contributed by atoms with Crippen molar-refractivity contribution in [1.82, 2.24) is 0 Å². The highest BCUT2D eigenvalue weighted by Gasteiger charge is 2.29. The second-order valence-corrected chi connectivity index (χ2v) is 7.06. The lowest BCUT2D eigenvalue weighted by Crippen LogP contribution is -2.12. The number of benzene rings is 2. The summed E-state index contributed by atoms with van der Waals surface area (Å²) in [6, 6.07) is 5.82. The Kier molecular flexibility index (Phi) is 5.71. The van der Waals surface area contributed by atoms with Gasteiger partial charge >= 0.3 is 14.2 Å². The number of rotatable bonds is 5. The van der Waals surface area contributed by atoms with Gasteiger partial charge in [-0.1, -0.05) is 6.07 Å². The number of halogens is 5. The van der Waals surface area contributed by atoms with E-state index in [0.717, 1.165) is 11.3 Å². The van der Waals surface area contributed by atoms with Gasteiger partial charge in [-0.2, -0.15) is 8.78 Å². The summed E-state index contributed by atoms with van der Waals surface area (Å²) < 4.78 is 86.5. The molecule has 0 spiro atoms. The van der Waals surface area contributed by atoms with Crippen LogP contribution in [0.3, 0.4) is 0 Å². The van der Waals surface area contributed by atoms with Crippen LogP contribution in [-0.4, -0.2) is 5.97 Å². The van der Waals surface area contributed by atoms with Gasteiger partial charge in [-0.25, -0.2) is 18.0 Å². The van der Waals surface area contributed by atoms with Crippen LogP contribution in [0.2, 0.25) is 0 Å². The van der Waals surface area contributed by atoms with Crippen LogP contribution >= 0.6 is 19.6 Å². The van der Waals surface area contributed by atoms with Crippen LogP contribution in [0, 0.1) is 29.1 Å². The van der Waals surface area contributed by atoms with E-state index in [0.29, 0.717) is 15.6 Å². The van der Waals surface area contributed by atoms with E-state index in [2.05, 4.69) is 9.26 Å². The monoisotopic (exact) mass is 436 g/mol. The highest BCUT2D eigenvalue weighted by molar-refractivity contribution is 7.30. The van der Waals surface area contributed by atoms with Crippen LogP contribution in [0.25, 0.3) is 10.1 Å². The SMILES string of the molecule is O=C(Oc1c(F)c(F)c(F)c(F)c1F)c1cc2cc(CO[P+](=O)[O-])ccc2s1. The number of esters is 1. The highest BCUT2D eigenvalue weighted by atomic mass is 32.1. The highest BCUT2D eigenvalue weighted by Crippen LogP contribution is 2.32.